The van der Waals surface area contributed by atoms with Gasteiger partial charge in [0.15, 0.2) is 11.5 Å². The molecule has 0 aliphatic carbocycles. The smallest absolute Gasteiger partial charge is 0.316 e. The average Bonchev–Trinajstić information content (AvgIpc) is 3.35. The first kappa shape index (κ1) is 17.8. The third-order valence-corrected chi connectivity index (χ3v) is 4.51. The molecule has 0 fully saturated rings. The molecule has 4 aromatic heterocycles. The number of fused-ring (bicyclic) bond motifs is 1. The fraction of sp³-hybridized carbons (Fsp3) is 0.263. The van der Waals surface area contributed by atoms with Crippen LogP contribution in [0.3, 0.4) is 0 Å². The molecule has 28 heavy (non-hydrogen) atoms. The lowest BCUT2D eigenvalue weighted by molar-refractivity contribution is -0.139. The molecule has 0 aliphatic heterocycles. The van der Waals surface area contributed by atoms with Crippen LogP contribution in [0.2, 0.25) is 0 Å². The summed E-state index contributed by atoms with van der Waals surface area (Å²) in [7, 11) is 0. The molecule has 9 nitrogen and oxygen atoms in total. The number of aliphatic carboxylic acids is 1. The highest BCUT2D eigenvalue weighted by Gasteiger charge is 2.27. The molecule has 142 valence electrons. The molecule has 4 rings (SSSR count). The summed E-state index contributed by atoms with van der Waals surface area (Å²) in [6.45, 7) is 4.24. The van der Waals surface area contributed by atoms with Crippen molar-refractivity contribution >= 4 is 11.6 Å². The Kier molecular flexibility index (Phi) is 4.56. The highest BCUT2D eigenvalue weighted by atomic mass is 16.4. The van der Waals surface area contributed by atoms with E-state index in [2.05, 4.69) is 20.2 Å². The zero-order valence-corrected chi connectivity index (χ0v) is 15.5. The van der Waals surface area contributed by atoms with Gasteiger partial charge in [0.25, 0.3) is 0 Å². The van der Waals surface area contributed by atoms with Gasteiger partial charge in [0.1, 0.15) is 5.92 Å². The minimum atomic E-state index is -0.978. The standard InChI is InChI=1S/C19H19N7O2/c1-12(2)16-18-24-23-17(14(19(27)28)9-25-7-6-21-11-25)26(18)10-15(22-16)13-4-3-5-20-8-13/h3-8,10-12,14H,9H2,1-2H3,(H,27,28). The van der Waals surface area contributed by atoms with Crippen molar-refractivity contribution in [3.63, 3.8) is 0 Å². The van der Waals surface area contributed by atoms with Crippen LogP contribution >= 0.6 is 0 Å². The van der Waals surface area contributed by atoms with Crippen molar-refractivity contribution in [1.29, 1.82) is 0 Å². The van der Waals surface area contributed by atoms with Crippen molar-refractivity contribution in [3.8, 4) is 11.3 Å². The predicted molar refractivity (Wildman–Crippen MR) is 101 cm³/mol. The van der Waals surface area contributed by atoms with Gasteiger partial charge >= 0.3 is 5.97 Å². The summed E-state index contributed by atoms with van der Waals surface area (Å²) in [5, 5.41) is 18.3. The normalized spacial score (nSPS) is 12.5. The molecule has 0 radical (unpaired) electrons. The largest absolute Gasteiger partial charge is 0.481 e. The van der Waals surface area contributed by atoms with Crippen molar-refractivity contribution in [2.75, 3.05) is 0 Å². The van der Waals surface area contributed by atoms with E-state index in [1.54, 1.807) is 46.3 Å². The first-order valence-electron chi connectivity index (χ1n) is 8.89. The van der Waals surface area contributed by atoms with Crippen molar-refractivity contribution in [1.82, 2.24) is 34.1 Å². The van der Waals surface area contributed by atoms with Crippen LogP contribution in [-0.2, 0) is 11.3 Å². The second-order valence-electron chi connectivity index (χ2n) is 6.81. The van der Waals surface area contributed by atoms with Gasteiger partial charge in [0, 0.05) is 43.1 Å². The van der Waals surface area contributed by atoms with E-state index in [0.717, 1.165) is 11.3 Å². The molecule has 4 aromatic rings. The first-order chi connectivity index (χ1) is 13.5. The molecule has 9 heteroatoms. The molecule has 1 unspecified atom stereocenters. The van der Waals surface area contributed by atoms with E-state index in [-0.39, 0.29) is 12.5 Å². The number of hydrogen-bond donors (Lipinski definition) is 1. The number of imidazole rings is 1. The Morgan fingerprint density at radius 2 is 2.07 bits per heavy atom. The maximum atomic E-state index is 12.0. The number of nitrogens with zero attached hydrogens (tertiary/aromatic N) is 7. The third kappa shape index (κ3) is 3.22. The SMILES string of the molecule is CC(C)c1nc(-c2cccnc2)cn2c(C(Cn3ccnc3)C(=O)O)nnc12. The van der Waals surface area contributed by atoms with Crippen molar-refractivity contribution in [3.05, 3.63) is 61.0 Å². The maximum Gasteiger partial charge on any atom is 0.316 e. The summed E-state index contributed by atoms with van der Waals surface area (Å²) in [4.78, 5) is 24.9. The molecule has 0 aliphatic rings. The number of aromatic nitrogens is 7. The summed E-state index contributed by atoms with van der Waals surface area (Å²) in [6, 6.07) is 3.75. The molecule has 0 saturated heterocycles. The molecular formula is C19H19N7O2. The number of carboxylic acids is 1. The van der Waals surface area contributed by atoms with Gasteiger partial charge in [-0.2, -0.15) is 0 Å². The molecule has 0 saturated carbocycles. The summed E-state index contributed by atoms with van der Waals surface area (Å²) in [6.07, 6.45) is 10.1. The summed E-state index contributed by atoms with van der Waals surface area (Å²) >= 11 is 0. The second-order valence-corrected chi connectivity index (χ2v) is 6.81. The molecule has 4 heterocycles. The Morgan fingerprint density at radius 3 is 2.71 bits per heavy atom. The topological polar surface area (TPSA) is 111 Å². The Morgan fingerprint density at radius 1 is 1.21 bits per heavy atom. The van der Waals surface area contributed by atoms with Crippen LogP contribution in [0, 0.1) is 0 Å². The van der Waals surface area contributed by atoms with Gasteiger partial charge in [-0.25, -0.2) is 9.97 Å². The van der Waals surface area contributed by atoms with Gasteiger partial charge < -0.3 is 9.67 Å². The lowest BCUT2D eigenvalue weighted by atomic mass is 10.1. The number of carboxylic acid groups (broad SMARTS) is 1. The fourth-order valence-electron chi connectivity index (χ4n) is 3.09. The van der Waals surface area contributed by atoms with Crippen LogP contribution in [-0.4, -0.2) is 45.2 Å². The Balaban J connectivity index is 1.89. The van der Waals surface area contributed by atoms with Crippen molar-refractivity contribution in [2.24, 2.45) is 0 Å². The van der Waals surface area contributed by atoms with Crippen LogP contribution in [0.5, 0.6) is 0 Å². The van der Waals surface area contributed by atoms with Crippen LogP contribution in [0.4, 0.5) is 0 Å². The minimum absolute atomic E-state index is 0.0908. The van der Waals surface area contributed by atoms with Crippen molar-refractivity contribution in [2.45, 2.75) is 32.2 Å². The fourth-order valence-corrected chi connectivity index (χ4v) is 3.09. The monoisotopic (exact) mass is 377 g/mol. The van der Waals surface area contributed by atoms with Crippen molar-refractivity contribution < 1.29 is 9.90 Å². The third-order valence-electron chi connectivity index (χ3n) is 4.51. The summed E-state index contributed by atoms with van der Waals surface area (Å²) in [5.74, 6) is -1.42. The number of pyridine rings is 1. The van der Waals surface area contributed by atoms with Gasteiger partial charge in [-0.3, -0.25) is 14.2 Å². The molecule has 1 atom stereocenters. The molecule has 1 N–H and O–H groups in total. The number of rotatable bonds is 6. The average molecular weight is 377 g/mol. The van der Waals surface area contributed by atoms with Gasteiger partial charge in [-0.05, 0) is 18.1 Å². The van der Waals surface area contributed by atoms with E-state index in [4.69, 9.17) is 4.98 Å². The lowest BCUT2D eigenvalue weighted by Gasteiger charge is -2.14. The lowest BCUT2D eigenvalue weighted by Crippen LogP contribution is -2.20. The van der Waals surface area contributed by atoms with Gasteiger partial charge in [0.05, 0.1) is 17.7 Å². The van der Waals surface area contributed by atoms with Crippen LogP contribution in [0.1, 0.15) is 37.2 Å². The van der Waals surface area contributed by atoms with Gasteiger partial charge in [0.2, 0.25) is 0 Å². The predicted octanol–water partition coefficient (Wildman–Crippen LogP) is 2.37. The molecule has 0 amide bonds. The molecule has 0 spiro atoms. The van der Waals surface area contributed by atoms with Gasteiger partial charge in [-0.1, -0.05) is 13.8 Å². The van der Waals surface area contributed by atoms with E-state index in [1.165, 1.54) is 0 Å². The quantitative estimate of drug-likeness (QED) is 0.549. The summed E-state index contributed by atoms with van der Waals surface area (Å²) < 4.78 is 3.45. The number of carbonyl (C=O) groups is 1. The van der Waals surface area contributed by atoms with Crippen LogP contribution in [0.15, 0.2) is 49.4 Å². The molecule has 0 aromatic carbocycles. The van der Waals surface area contributed by atoms with E-state index in [9.17, 15) is 9.90 Å². The zero-order chi connectivity index (χ0) is 19.7. The summed E-state index contributed by atoms with van der Waals surface area (Å²) in [5.41, 5.74) is 2.85. The zero-order valence-electron chi connectivity index (χ0n) is 15.5. The van der Waals surface area contributed by atoms with Crippen LogP contribution in [0.25, 0.3) is 16.9 Å². The second kappa shape index (κ2) is 7.18. The molecule has 0 bridgehead atoms. The Labute approximate surface area is 160 Å². The molecular weight excluding hydrogens is 358 g/mol. The van der Waals surface area contributed by atoms with Gasteiger partial charge in [-0.15, -0.1) is 10.2 Å². The van der Waals surface area contributed by atoms with E-state index < -0.39 is 11.9 Å². The number of hydrogen-bond acceptors (Lipinski definition) is 6. The highest BCUT2D eigenvalue weighted by Crippen LogP contribution is 2.26. The highest BCUT2D eigenvalue weighted by molar-refractivity contribution is 5.75. The first-order valence-corrected chi connectivity index (χ1v) is 8.89. The van der Waals surface area contributed by atoms with E-state index >= 15 is 0 Å². The Hall–Kier alpha value is -3.62. The maximum absolute atomic E-state index is 12.0. The van der Waals surface area contributed by atoms with E-state index in [1.807, 2.05) is 26.0 Å². The van der Waals surface area contributed by atoms with Crippen LogP contribution < -0.4 is 0 Å². The Bertz CT molecular complexity index is 1100. The van der Waals surface area contributed by atoms with E-state index in [0.29, 0.717) is 17.2 Å². The minimum Gasteiger partial charge on any atom is -0.481 e.